The minimum atomic E-state index is -0.614. The summed E-state index contributed by atoms with van der Waals surface area (Å²) in [5, 5.41) is 2.06. The number of fused-ring (bicyclic) bond motifs is 1. The van der Waals surface area contributed by atoms with Gasteiger partial charge in [-0.2, -0.15) is 0 Å². The van der Waals surface area contributed by atoms with E-state index in [4.69, 9.17) is 4.74 Å². The van der Waals surface area contributed by atoms with Gasteiger partial charge in [0.15, 0.2) is 0 Å². The van der Waals surface area contributed by atoms with Crippen LogP contribution in [-0.2, 0) is 9.53 Å². The first-order valence-corrected chi connectivity index (χ1v) is 8.12. The van der Waals surface area contributed by atoms with Crippen molar-refractivity contribution in [1.29, 1.82) is 0 Å². The molecule has 0 bridgehead atoms. The summed E-state index contributed by atoms with van der Waals surface area (Å²) in [6.07, 6.45) is 6.03. The monoisotopic (exact) mass is 289 g/mol. The quantitative estimate of drug-likeness (QED) is 0.796. The summed E-state index contributed by atoms with van der Waals surface area (Å²) in [5.41, 5.74) is 1.54. The number of dihydropyridines is 1. The molecule has 0 saturated heterocycles. The van der Waals surface area contributed by atoms with Gasteiger partial charge in [0.1, 0.15) is 5.41 Å². The van der Waals surface area contributed by atoms with Crippen molar-refractivity contribution in [3.8, 4) is 0 Å². The number of nitrogens with zero attached hydrogens (tertiary/aromatic N) is 1. The Bertz CT molecular complexity index is 559. The van der Waals surface area contributed by atoms with Crippen LogP contribution >= 0.6 is 11.3 Å². The van der Waals surface area contributed by atoms with Crippen LogP contribution in [-0.4, -0.2) is 24.8 Å². The van der Waals surface area contributed by atoms with E-state index >= 15 is 0 Å². The average Bonchev–Trinajstić information content (AvgIpc) is 3.00. The number of aliphatic imine (C=N–C) groups is 1. The van der Waals surface area contributed by atoms with E-state index in [1.165, 1.54) is 4.88 Å². The molecule has 0 aromatic carbocycles. The fourth-order valence-corrected chi connectivity index (χ4v) is 4.14. The van der Waals surface area contributed by atoms with Crippen molar-refractivity contribution in [2.24, 2.45) is 10.4 Å². The van der Waals surface area contributed by atoms with Gasteiger partial charge in [-0.15, -0.1) is 11.3 Å². The summed E-state index contributed by atoms with van der Waals surface area (Å²) in [5.74, 6) is -0.113. The normalized spacial score (nSPS) is 25.4. The molecule has 1 aromatic rings. The smallest absolute Gasteiger partial charge is 0.322 e. The van der Waals surface area contributed by atoms with Crippen molar-refractivity contribution >= 4 is 28.6 Å². The molecule has 1 fully saturated rings. The van der Waals surface area contributed by atoms with Crippen LogP contribution < -0.4 is 0 Å². The van der Waals surface area contributed by atoms with Crippen LogP contribution in [0.5, 0.6) is 0 Å². The highest BCUT2D eigenvalue weighted by Gasteiger charge is 2.50. The fourth-order valence-electron chi connectivity index (χ4n) is 3.29. The van der Waals surface area contributed by atoms with Gasteiger partial charge in [0.25, 0.3) is 0 Å². The lowest BCUT2D eigenvalue weighted by atomic mass is 9.66. The zero-order valence-corrected chi connectivity index (χ0v) is 12.5. The second-order valence-corrected chi connectivity index (χ2v) is 6.16. The van der Waals surface area contributed by atoms with E-state index in [1.807, 2.05) is 13.0 Å². The molecule has 1 saturated carbocycles. The molecule has 0 spiro atoms. The van der Waals surface area contributed by atoms with Gasteiger partial charge in [-0.1, -0.05) is 18.6 Å². The van der Waals surface area contributed by atoms with Gasteiger partial charge >= 0.3 is 5.97 Å². The van der Waals surface area contributed by atoms with E-state index in [-0.39, 0.29) is 5.97 Å². The van der Waals surface area contributed by atoms with Crippen LogP contribution in [0.2, 0.25) is 0 Å². The zero-order chi connectivity index (χ0) is 14.0. The van der Waals surface area contributed by atoms with Crippen LogP contribution in [0.25, 0.3) is 5.57 Å². The first-order chi connectivity index (χ1) is 9.79. The summed E-state index contributed by atoms with van der Waals surface area (Å²) < 4.78 is 5.41. The first-order valence-electron chi connectivity index (χ1n) is 7.24. The largest absolute Gasteiger partial charge is 0.465 e. The third-order valence-corrected chi connectivity index (χ3v) is 5.06. The lowest BCUT2D eigenvalue weighted by Crippen LogP contribution is -2.45. The molecule has 1 aliphatic carbocycles. The highest BCUT2D eigenvalue weighted by molar-refractivity contribution is 7.11. The van der Waals surface area contributed by atoms with Crippen molar-refractivity contribution in [2.75, 3.05) is 13.2 Å². The van der Waals surface area contributed by atoms with E-state index in [0.29, 0.717) is 13.2 Å². The minimum Gasteiger partial charge on any atom is -0.465 e. The Hall–Kier alpha value is -1.42. The average molecular weight is 289 g/mol. The van der Waals surface area contributed by atoms with Crippen molar-refractivity contribution in [3.05, 3.63) is 28.5 Å². The fraction of sp³-hybridized carbons (Fsp3) is 0.500. The maximum atomic E-state index is 12.7. The highest BCUT2D eigenvalue weighted by atomic mass is 32.1. The number of thiophene rings is 1. The Kier molecular flexibility index (Phi) is 3.74. The number of ether oxygens (including phenoxy) is 1. The molecule has 3 rings (SSSR count). The molecule has 2 aliphatic rings. The predicted octanol–water partition coefficient (Wildman–Crippen LogP) is 3.71. The lowest BCUT2D eigenvalue weighted by Gasteiger charge is -2.40. The number of carbonyl (C=O) groups is 1. The van der Waals surface area contributed by atoms with Gasteiger partial charge in [-0.05, 0) is 43.2 Å². The summed E-state index contributed by atoms with van der Waals surface area (Å²) in [6, 6.07) is 4.13. The zero-order valence-electron chi connectivity index (χ0n) is 11.7. The standard InChI is InChI=1S/C16H19NO2S/c1-2-19-15(18)16-9-4-3-7-14(16)17-10-8-12(16)13-6-5-11-20-13/h5-6,8,11H,2-4,7,9-10H2,1H3. The van der Waals surface area contributed by atoms with E-state index in [0.717, 1.165) is 37.0 Å². The number of hydrogen-bond donors (Lipinski definition) is 0. The Morgan fingerprint density at radius 1 is 1.50 bits per heavy atom. The van der Waals surface area contributed by atoms with Crippen molar-refractivity contribution in [2.45, 2.75) is 32.6 Å². The van der Waals surface area contributed by atoms with Crippen molar-refractivity contribution < 1.29 is 9.53 Å². The molecule has 1 unspecified atom stereocenters. The Morgan fingerprint density at radius 2 is 2.40 bits per heavy atom. The Morgan fingerprint density at radius 3 is 3.15 bits per heavy atom. The molecule has 106 valence electrons. The third kappa shape index (κ3) is 2.03. The van der Waals surface area contributed by atoms with Crippen molar-refractivity contribution in [3.63, 3.8) is 0 Å². The van der Waals surface area contributed by atoms with Crippen LogP contribution in [0.4, 0.5) is 0 Å². The van der Waals surface area contributed by atoms with Gasteiger partial charge in [0.2, 0.25) is 0 Å². The summed E-state index contributed by atoms with van der Waals surface area (Å²) in [6.45, 7) is 2.97. The van der Waals surface area contributed by atoms with E-state index in [1.54, 1.807) is 11.3 Å². The minimum absolute atomic E-state index is 0.113. The second-order valence-electron chi connectivity index (χ2n) is 5.22. The van der Waals surface area contributed by atoms with Crippen LogP contribution in [0.15, 0.2) is 28.6 Å². The first kappa shape index (κ1) is 13.6. The SMILES string of the molecule is CCOC(=O)C12CCCCC1=NCC=C2c1cccs1. The lowest BCUT2D eigenvalue weighted by molar-refractivity contribution is -0.149. The van der Waals surface area contributed by atoms with Gasteiger partial charge in [-0.3, -0.25) is 9.79 Å². The maximum Gasteiger partial charge on any atom is 0.322 e. The number of esters is 1. The Balaban J connectivity index is 2.08. The molecule has 20 heavy (non-hydrogen) atoms. The van der Waals surface area contributed by atoms with Crippen LogP contribution in [0.1, 0.15) is 37.5 Å². The molecule has 4 heteroatoms. The van der Waals surface area contributed by atoms with Gasteiger partial charge in [0, 0.05) is 10.6 Å². The number of carbonyl (C=O) groups excluding carboxylic acids is 1. The molecular formula is C16H19NO2S. The topological polar surface area (TPSA) is 38.7 Å². The molecule has 0 amide bonds. The molecule has 0 N–H and O–H groups in total. The van der Waals surface area contributed by atoms with Crippen LogP contribution in [0.3, 0.4) is 0 Å². The van der Waals surface area contributed by atoms with Gasteiger partial charge in [-0.25, -0.2) is 0 Å². The molecule has 0 radical (unpaired) electrons. The highest BCUT2D eigenvalue weighted by Crippen LogP contribution is 2.48. The summed E-state index contributed by atoms with van der Waals surface area (Å²) >= 11 is 1.69. The van der Waals surface area contributed by atoms with Gasteiger partial charge in [0.05, 0.1) is 13.2 Å². The molecule has 2 heterocycles. The Labute approximate surface area is 123 Å². The molecule has 1 atom stereocenters. The van der Waals surface area contributed by atoms with E-state index in [9.17, 15) is 4.79 Å². The molecular weight excluding hydrogens is 270 g/mol. The van der Waals surface area contributed by atoms with E-state index in [2.05, 4.69) is 22.5 Å². The van der Waals surface area contributed by atoms with Crippen molar-refractivity contribution in [1.82, 2.24) is 0 Å². The predicted molar refractivity (Wildman–Crippen MR) is 82.1 cm³/mol. The maximum absolute atomic E-state index is 12.7. The second kappa shape index (κ2) is 5.52. The molecule has 1 aromatic heterocycles. The molecule has 1 aliphatic heterocycles. The summed E-state index contributed by atoms with van der Waals surface area (Å²) in [4.78, 5) is 18.5. The summed E-state index contributed by atoms with van der Waals surface area (Å²) in [7, 11) is 0. The molecule has 3 nitrogen and oxygen atoms in total. The van der Waals surface area contributed by atoms with Crippen LogP contribution in [0, 0.1) is 5.41 Å². The number of rotatable bonds is 3. The number of hydrogen-bond acceptors (Lipinski definition) is 4. The third-order valence-electron chi connectivity index (χ3n) is 4.16. The van der Waals surface area contributed by atoms with Gasteiger partial charge < -0.3 is 4.74 Å². The van der Waals surface area contributed by atoms with E-state index < -0.39 is 5.41 Å².